The quantitative estimate of drug-likeness (QED) is 0.191. The Bertz CT molecular complexity index is 1570. The van der Waals surface area contributed by atoms with Gasteiger partial charge in [0.2, 0.25) is 5.91 Å². The van der Waals surface area contributed by atoms with Crippen LogP contribution in [0.1, 0.15) is 6.92 Å². The van der Waals surface area contributed by atoms with Crippen LogP contribution in [0.15, 0.2) is 98.7 Å². The zero-order valence-electron chi connectivity index (χ0n) is 18.5. The number of rotatable bonds is 6. The van der Waals surface area contributed by atoms with Crippen molar-refractivity contribution in [3.63, 3.8) is 0 Å². The molecule has 1 atom stereocenters. The molecule has 0 bridgehead atoms. The van der Waals surface area contributed by atoms with Gasteiger partial charge in [0.25, 0.3) is 5.56 Å². The second kappa shape index (κ2) is 10.2. The number of thioether (sulfide) groups is 1. The molecule has 0 aliphatic rings. The highest BCUT2D eigenvalue weighted by Crippen LogP contribution is 2.29. The molecule has 1 N–H and O–H groups in total. The van der Waals surface area contributed by atoms with Gasteiger partial charge in [-0.1, -0.05) is 70.2 Å². The molecular weight excluding hydrogens is 544 g/mol. The van der Waals surface area contributed by atoms with E-state index in [1.165, 1.54) is 23.1 Å². The molecule has 0 aliphatic heterocycles. The highest BCUT2D eigenvalue weighted by atomic mass is 79.9. The molecule has 1 unspecified atom stereocenters. The van der Waals surface area contributed by atoms with Crippen LogP contribution in [0, 0.1) is 0 Å². The summed E-state index contributed by atoms with van der Waals surface area (Å²) in [5.74, 6) is -0.214. The first-order valence-corrected chi connectivity index (χ1v) is 13.3. The number of carbonyl (C=O) groups excluding carboxylic acids is 1. The summed E-state index contributed by atoms with van der Waals surface area (Å²) >= 11 is 6.04. The average Bonchev–Trinajstić information content (AvgIpc) is 3.33. The third-order valence-electron chi connectivity index (χ3n) is 5.29. The van der Waals surface area contributed by atoms with Gasteiger partial charge in [-0.05, 0) is 43.3 Å². The minimum atomic E-state index is -0.516. The lowest BCUT2D eigenvalue weighted by Gasteiger charge is -2.16. The Labute approximate surface area is 218 Å². The van der Waals surface area contributed by atoms with Crippen LogP contribution in [0.3, 0.4) is 0 Å². The highest BCUT2D eigenvalue weighted by molar-refractivity contribution is 9.10. The minimum absolute atomic E-state index is 0.170. The Kier molecular flexibility index (Phi) is 6.81. The van der Waals surface area contributed by atoms with Crippen molar-refractivity contribution in [2.75, 3.05) is 5.32 Å². The number of anilines is 1. The predicted molar refractivity (Wildman–Crippen MR) is 147 cm³/mol. The number of hydrogen-bond acceptors (Lipinski definition) is 6. The summed E-state index contributed by atoms with van der Waals surface area (Å²) in [6, 6.07) is 24.4. The molecule has 6 nitrogen and oxygen atoms in total. The number of para-hydroxylation sites is 2. The molecule has 0 radical (unpaired) electrons. The number of nitrogens with one attached hydrogen (secondary N) is 1. The molecule has 3 aromatic carbocycles. The third-order valence-corrected chi connectivity index (χ3v) is 7.62. The minimum Gasteiger partial charge on any atom is -0.301 e. The van der Waals surface area contributed by atoms with E-state index in [9.17, 15) is 9.59 Å². The lowest BCUT2D eigenvalue weighted by atomic mass is 10.2. The number of amides is 1. The van der Waals surface area contributed by atoms with Gasteiger partial charge in [-0.3, -0.25) is 14.2 Å². The number of fused-ring (bicyclic) bond motifs is 1. The number of halogens is 1. The van der Waals surface area contributed by atoms with Crippen LogP contribution in [0.25, 0.3) is 27.8 Å². The summed E-state index contributed by atoms with van der Waals surface area (Å²) in [4.78, 5) is 35.6. The summed E-state index contributed by atoms with van der Waals surface area (Å²) in [5.41, 5.74) is 2.89. The van der Waals surface area contributed by atoms with Gasteiger partial charge in [-0.15, -0.1) is 11.3 Å². The van der Waals surface area contributed by atoms with Crippen molar-refractivity contribution in [3.8, 4) is 16.9 Å². The van der Waals surface area contributed by atoms with Crippen LogP contribution >= 0.6 is 39.0 Å². The van der Waals surface area contributed by atoms with Gasteiger partial charge in [0, 0.05) is 15.4 Å². The molecule has 9 heteroatoms. The monoisotopic (exact) mass is 562 g/mol. The molecule has 0 fully saturated rings. The Balaban J connectivity index is 1.40. The van der Waals surface area contributed by atoms with Crippen molar-refractivity contribution in [2.45, 2.75) is 17.3 Å². The second-order valence-corrected chi connectivity index (χ2v) is 10.8. The van der Waals surface area contributed by atoms with Crippen molar-refractivity contribution in [1.82, 2.24) is 14.5 Å². The number of aromatic nitrogens is 3. The van der Waals surface area contributed by atoms with E-state index in [0.717, 1.165) is 15.7 Å². The lowest BCUT2D eigenvalue weighted by molar-refractivity contribution is -0.115. The van der Waals surface area contributed by atoms with Gasteiger partial charge in [0.15, 0.2) is 10.3 Å². The Morgan fingerprint density at radius 1 is 1.00 bits per heavy atom. The molecule has 174 valence electrons. The maximum absolute atomic E-state index is 13.3. The van der Waals surface area contributed by atoms with Crippen LogP contribution in [0.2, 0.25) is 0 Å². The molecule has 2 heterocycles. The van der Waals surface area contributed by atoms with Crippen molar-refractivity contribution in [2.24, 2.45) is 0 Å². The first kappa shape index (κ1) is 23.5. The van der Waals surface area contributed by atoms with E-state index < -0.39 is 5.25 Å². The van der Waals surface area contributed by atoms with Crippen LogP contribution < -0.4 is 10.9 Å². The van der Waals surface area contributed by atoms with Gasteiger partial charge in [0.05, 0.1) is 27.5 Å². The third kappa shape index (κ3) is 5.07. The molecule has 0 saturated heterocycles. The van der Waals surface area contributed by atoms with E-state index in [2.05, 4.69) is 26.2 Å². The van der Waals surface area contributed by atoms with Crippen molar-refractivity contribution < 1.29 is 4.79 Å². The molecule has 0 saturated carbocycles. The fraction of sp³-hybridized carbons (Fsp3) is 0.0769. The largest absolute Gasteiger partial charge is 0.301 e. The zero-order valence-corrected chi connectivity index (χ0v) is 21.7. The van der Waals surface area contributed by atoms with E-state index in [1.54, 1.807) is 23.6 Å². The van der Waals surface area contributed by atoms with Gasteiger partial charge >= 0.3 is 0 Å². The summed E-state index contributed by atoms with van der Waals surface area (Å²) < 4.78 is 2.55. The normalized spacial score (nSPS) is 11.9. The van der Waals surface area contributed by atoms with Gasteiger partial charge in [-0.2, -0.15) is 0 Å². The van der Waals surface area contributed by atoms with Crippen molar-refractivity contribution in [1.29, 1.82) is 0 Å². The first-order chi connectivity index (χ1) is 17.0. The second-order valence-electron chi connectivity index (χ2n) is 7.68. The molecule has 5 aromatic rings. The van der Waals surface area contributed by atoms with Crippen molar-refractivity contribution in [3.05, 3.63) is 99.1 Å². The summed E-state index contributed by atoms with van der Waals surface area (Å²) in [6.07, 6.45) is 0. The van der Waals surface area contributed by atoms with E-state index in [-0.39, 0.29) is 11.5 Å². The Morgan fingerprint density at radius 3 is 2.49 bits per heavy atom. The number of nitrogens with zero attached hydrogens (tertiary/aromatic N) is 3. The number of thiazole rings is 1. The maximum atomic E-state index is 13.3. The predicted octanol–water partition coefficient (Wildman–Crippen LogP) is 6.39. The average molecular weight is 564 g/mol. The SMILES string of the molecule is CC(Sc1nc2ccccc2c(=O)n1-c1ccccc1)C(=O)Nc1nc(-c2ccc(Br)cc2)cs1. The number of benzene rings is 3. The highest BCUT2D eigenvalue weighted by Gasteiger charge is 2.21. The van der Waals surface area contributed by atoms with E-state index in [1.807, 2.05) is 72.1 Å². The van der Waals surface area contributed by atoms with Crippen LogP contribution in [-0.2, 0) is 4.79 Å². The standard InChI is InChI=1S/C26H19BrN4O2S2/c1-16(23(32)30-25-28-22(15-34-25)17-11-13-18(27)14-12-17)35-26-29-21-10-6-5-9-20(21)24(33)31(26)19-7-3-2-4-8-19/h2-16H,1H3,(H,28,30,32). The Morgan fingerprint density at radius 2 is 1.71 bits per heavy atom. The summed E-state index contributed by atoms with van der Waals surface area (Å²) in [7, 11) is 0. The summed E-state index contributed by atoms with van der Waals surface area (Å²) in [5, 5.41) is 5.80. The number of hydrogen-bond donors (Lipinski definition) is 1. The topological polar surface area (TPSA) is 76.9 Å². The molecule has 1 amide bonds. The van der Waals surface area contributed by atoms with Gasteiger partial charge in [0.1, 0.15) is 0 Å². The van der Waals surface area contributed by atoms with Crippen molar-refractivity contribution >= 4 is 61.0 Å². The molecule has 5 rings (SSSR count). The summed E-state index contributed by atoms with van der Waals surface area (Å²) in [6.45, 7) is 1.79. The Hall–Kier alpha value is -3.27. The van der Waals surface area contributed by atoms with Crippen LogP contribution in [0.4, 0.5) is 5.13 Å². The smallest absolute Gasteiger partial charge is 0.266 e. The van der Waals surface area contributed by atoms with E-state index in [0.29, 0.717) is 26.9 Å². The lowest BCUT2D eigenvalue weighted by Crippen LogP contribution is -2.26. The first-order valence-electron chi connectivity index (χ1n) is 10.8. The fourth-order valence-corrected chi connectivity index (χ4v) is 5.41. The molecule has 0 aliphatic carbocycles. The molecular formula is C26H19BrN4O2S2. The van der Waals surface area contributed by atoms with Gasteiger partial charge < -0.3 is 5.32 Å². The zero-order chi connectivity index (χ0) is 24.4. The van der Waals surface area contributed by atoms with E-state index >= 15 is 0 Å². The number of carbonyl (C=O) groups is 1. The van der Waals surface area contributed by atoms with Crippen LogP contribution in [0.5, 0.6) is 0 Å². The molecule has 0 spiro atoms. The van der Waals surface area contributed by atoms with Gasteiger partial charge in [-0.25, -0.2) is 9.97 Å². The fourth-order valence-electron chi connectivity index (χ4n) is 3.50. The molecule has 35 heavy (non-hydrogen) atoms. The van der Waals surface area contributed by atoms with Crippen LogP contribution in [-0.4, -0.2) is 25.7 Å². The molecule has 2 aromatic heterocycles. The van der Waals surface area contributed by atoms with E-state index in [4.69, 9.17) is 4.98 Å². The maximum Gasteiger partial charge on any atom is 0.266 e.